The van der Waals surface area contributed by atoms with Gasteiger partial charge in [0.25, 0.3) is 0 Å². The van der Waals surface area contributed by atoms with E-state index in [2.05, 4.69) is 44.8 Å². The molecule has 0 aliphatic heterocycles. The van der Waals surface area contributed by atoms with Crippen LogP contribution in [0.2, 0.25) is 0 Å². The fourth-order valence-electron chi connectivity index (χ4n) is 1.49. The predicted octanol–water partition coefficient (Wildman–Crippen LogP) is 3.12. The molecule has 1 rings (SSSR count). The zero-order valence-electron chi connectivity index (χ0n) is 9.08. The Labute approximate surface area is 85.6 Å². The van der Waals surface area contributed by atoms with Crippen molar-refractivity contribution in [3.8, 4) is 0 Å². The molecule has 0 spiro atoms. The lowest BCUT2D eigenvalue weighted by Crippen LogP contribution is -2.14. The van der Waals surface area contributed by atoms with Crippen LogP contribution in [0.4, 0.5) is 0 Å². The van der Waals surface area contributed by atoms with Gasteiger partial charge in [0, 0.05) is 6.72 Å². The maximum Gasteiger partial charge on any atom is 0.142 e. The van der Waals surface area contributed by atoms with Gasteiger partial charge in [-0.25, -0.2) is 0 Å². The average molecular weight is 191 g/mol. The van der Waals surface area contributed by atoms with Gasteiger partial charge < -0.3 is 4.84 Å². The van der Waals surface area contributed by atoms with Crippen LogP contribution >= 0.6 is 0 Å². The van der Waals surface area contributed by atoms with Crippen molar-refractivity contribution in [3.63, 3.8) is 0 Å². The molecular weight excluding hydrogens is 174 g/mol. The van der Waals surface area contributed by atoms with Crippen molar-refractivity contribution in [2.45, 2.75) is 32.8 Å². The van der Waals surface area contributed by atoms with Gasteiger partial charge in [0.15, 0.2) is 0 Å². The van der Waals surface area contributed by atoms with Crippen LogP contribution in [0.1, 0.15) is 31.9 Å². The molecule has 0 radical (unpaired) electrons. The van der Waals surface area contributed by atoms with Gasteiger partial charge in [-0.15, -0.1) is 5.16 Å². The second kappa shape index (κ2) is 4.27. The largest absolute Gasteiger partial charge is 0.391 e. The first-order chi connectivity index (χ1) is 6.55. The van der Waals surface area contributed by atoms with E-state index < -0.39 is 0 Å². The molecule has 0 amide bonds. The Morgan fingerprint density at radius 1 is 1.29 bits per heavy atom. The van der Waals surface area contributed by atoms with E-state index >= 15 is 0 Å². The van der Waals surface area contributed by atoms with Crippen LogP contribution in [-0.2, 0) is 16.9 Å². The Hall–Kier alpha value is -1.31. The SMILES string of the molecule is C=NOCc1ccccc1C(C)(C)C. The summed E-state index contributed by atoms with van der Waals surface area (Å²) in [6.45, 7) is 10.4. The highest BCUT2D eigenvalue weighted by Gasteiger charge is 2.17. The van der Waals surface area contributed by atoms with E-state index in [1.165, 1.54) is 11.1 Å². The topological polar surface area (TPSA) is 21.6 Å². The highest BCUT2D eigenvalue weighted by molar-refractivity contribution is 5.32. The first-order valence-corrected chi connectivity index (χ1v) is 4.72. The van der Waals surface area contributed by atoms with Crippen molar-refractivity contribution in [1.82, 2.24) is 0 Å². The number of rotatable bonds is 3. The van der Waals surface area contributed by atoms with Crippen LogP contribution in [0.5, 0.6) is 0 Å². The van der Waals surface area contributed by atoms with Gasteiger partial charge in [0.05, 0.1) is 0 Å². The van der Waals surface area contributed by atoms with Gasteiger partial charge >= 0.3 is 0 Å². The smallest absolute Gasteiger partial charge is 0.142 e. The quantitative estimate of drug-likeness (QED) is 0.531. The van der Waals surface area contributed by atoms with Crippen molar-refractivity contribution in [1.29, 1.82) is 0 Å². The minimum Gasteiger partial charge on any atom is -0.391 e. The molecule has 14 heavy (non-hydrogen) atoms. The van der Waals surface area contributed by atoms with Crippen molar-refractivity contribution in [3.05, 3.63) is 35.4 Å². The molecule has 1 aromatic rings. The van der Waals surface area contributed by atoms with Crippen LogP contribution in [0.3, 0.4) is 0 Å². The Morgan fingerprint density at radius 2 is 1.93 bits per heavy atom. The third-order valence-corrected chi connectivity index (χ3v) is 2.14. The summed E-state index contributed by atoms with van der Waals surface area (Å²) < 4.78 is 0. The van der Waals surface area contributed by atoms with Crippen molar-refractivity contribution in [2.75, 3.05) is 0 Å². The maximum atomic E-state index is 4.97. The van der Waals surface area contributed by atoms with E-state index in [1.54, 1.807) is 0 Å². The second-order valence-corrected chi connectivity index (χ2v) is 4.31. The average Bonchev–Trinajstić information content (AvgIpc) is 2.14. The van der Waals surface area contributed by atoms with Gasteiger partial charge in [-0.05, 0) is 16.5 Å². The highest BCUT2D eigenvalue weighted by atomic mass is 16.6. The molecule has 0 saturated carbocycles. The fraction of sp³-hybridized carbons (Fsp3) is 0.417. The number of benzene rings is 1. The van der Waals surface area contributed by atoms with E-state index in [4.69, 9.17) is 4.84 Å². The Balaban J connectivity index is 2.97. The van der Waals surface area contributed by atoms with E-state index in [9.17, 15) is 0 Å². The summed E-state index contributed by atoms with van der Waals surface area (Å²) in [6.07, 6.45) is 0. The third kappa shape index (κ3) is 2.59. The molecule has 0 heterocycles. The number of hydrogen-bond acceptors (Lipinski definition) is 2. The molecule has 0 unspecified atom stereocenters. The predicted molar refractivity (Wildman–Crippen MR) is 59.5 cm³/mol. The molecule has 0 aromatic heterocycles. The van der Waals surface area contributed by atoms with Crippen molar-refractivity contribution in [2.24, 2.45) is 5.16 Å². The standard InChI is InChI=1S/C12H17NO/c1-12(2,3)11-8-6-5-7-10(11)9-14-13-4/h5-8H,4,9H2,1-3H3. The minimum atomic E-state index is 0.140. The van der Waals surface area contributed by atoms with Crippen LogP contribution in [-0.4, -0.2) is 6.72 Å². The van der Waals surface area contributed by atoms with Gasteiger partial charge in [0.1, 0.15) is 6.61 Å². The zero-order chi connectivity index (χ0) is 10.6. The number of nitrogens with zero attached hydrogens (tertiary/aromatic N) is 1. The van der Waals surface area contributed by atoms with Crippen LogP contribution in [0.25, 0.3) is 0 Å². The Morgan fingerprint density at radius 3 is 2.50 bits per heavy atom. The summed E-state index contributed by atoms with van der Waals surface area (Å²) >= 11 is 0. The summed E-state index contributed by atoms with van der Waals surface area (Å²) in [5.74, 6) is 0. The first-order valence-electron chi connectivity index (χ1n) is 4.72. The molecule has 1 aromatic carbocycles. The number of oxime groups is 1. The highest BCUT2D eigenvalue weighted by Crippen LogP contribution is 2.25. The number of hydrogen-bond donors (Lipinski definition) is 0. The normalized spacial score (nSPS) is 11.1. The van der Waals surface area contributed by atoms with Crippen molar-refractivity contribution >= 4 is 6.72 Å². The van der Waals surface area contributed by atoms with Gasteiger partial charge in [-0.1, -0.05) is 45.0 Å². The molecule has 0 saturated heterocycles. The molecule has 2 nitrogen and oxygen atoms in total. The first kappa shape index (κ1) is 10.8. The van der Waals surface area contributed by atoms with E-state index in [0.29, 0.717) is 6.61 Å². The molecule has 0 aliphatic rings. The molecule has 0 fully saturated rings. The van der Waals surface area contributed by atoms with Crippen LogP contribution < -0.4 is 0 Å². The Bertz CT molecular complexity index is 312. The van der Waals surface area contributed by atoms with Gasteiger partial charge in [0.2, 0.25) is 0 Å². The fourth-order valence-corrected chi connectivity index (χ4v) is 1.49. The van der Waals surface area contributed by atoms with Crippen molar-refractivity contribution < 1.29 is 4.84 Å². The monoisotopic (exact) mass is 191 g/mol. The van der Waals surface area contributed by atoms with Crippen LogP contribution in [0, 0.1) is 0 Å². The van der Waals surface area contributed by atoms with E-state index in [1.807, 2.05) is 12.1 Å². The molecule has 0 bridgehead atoms. The van der Waals surface area contributed by atoms with Gasteiger partial charge in [-0.2, -0.15) is 0 Å². The molecule has 0 atom stereocenters. The summed E-state index contributed by atoms with van der Waals surface area (Å²) in [5, 5.41) is 3.40. The molecule has 76 valence electrons. The zero-order valence-corrected chi connectivity index (χ0v) is 9.08. The molecule has 0 N–H and O–H groups in total. The van der Waals surface area contributed by atoms with Crippen LogP contribution in [0.15, 0.2) is 29.4 Å². The maximum absolute atomic E-state index is 4.97. The minimum absolute atomic E-state index is 0.140. The van der Waals surface area contributed by atoms with Gasteiger partial charge in [-0.3, -0.25) is 0 Å². The molecular formula is C12H17NO. The lowest BCUT2D eigenvalue weighted by atomic mass is 9.84. The second-order valence-electron chi connectivity index (χ2n) is 4.31. The lowest BCUT2D eigenvalue weighted by molar-refractivity contribution is 0.132. The summed E-state index contributed by atoms with van der Waals surface area (Å²) in [4.78, 5) is 4.97. The summed E-state index contributed by atoms with van der Waals surface area (Å²) in [6, 6.07) is 8.25. The lowest BCUT2D eigenvalue weighted by Gasteiger charge is -2.22. The Kier molecular flexibility index (Phi) is 3.28. The summed E-state index contributed by atoms with van der Waals surface area (Å²) in [7, 11) is 0. The van der Waals surface area contributed by atoms with E-state index in [-0.39, 0.29) is 5.41 Å². The third-order valence-electron chi connectivity index (χ3n) is 2.14. The summed E-state index contributed by atoms with van der Waals surface area (Å²) in [5.41, 5.74) is 2.61. The molecule has 2 heteroatoms. The van der Waals surface area contributed by atoms with E-state index in [0.717, 1.165) is 0 Å². The molecule has 0 aliphatic carbocycles.